The molecule has 4 nitrogen and oxygen atoms in total. The number of carbonyl (C=O) groups excluding carboxylic acids is 1. The summed E-state index contributed by atoms with van der Waals surface area (Å²) in [4.78, 5) is 11.6. The van der Waals surface area contributed by atoms with Crippen molar-refractivity contribution in [2.24, 2.45) is 5.41 Å². The molecular weight excluding hydrogens is 180 g/mol. The van der Waals surface area contributed by atoms with Crippen molar-refractivity contribution in [3.63, 3.8) is 0 Å². The largest absolute Gasteiger partial charge is 0.396 e. The zero-order valence-corrected chi connectivity index (χ0v) is 8.97. The fourth-order valence-corrected chi connectivity index (χ4v) is 1.41. The Morgan fingerprint density at radius 1 is 1.64 bits per heavy atom. The van der Waals surface area contributed by atoms with Crippen LogP contribution in [0.2, 0.25) is 0 Å². The van der Waals surface area contributed by atoms with E-state index in [0.29, 0.717) is 6.54 Å². The third-order valence-electron chi connectivity index (χ3n) is 2.55. The lowest BCUT2D eigenvalue weighted by Crippen LogP contribution is -2.44. The monoisotopic (exact) mass is 200 g/mol. The van der Waals surface area contributed by atoms with Crippen LogP contribution in [0, 0.1) is 5.41 Å². The Kier molecular flexibility index (Phi) is 3.89. The number of rotatable bonds is 4. The van der Waals surface area contributed by atoms with Crippen molar-refractivity contribution in [2.75, 3.05) is 19.7 Å². The fourth-order valence-electron chi connectivity index (χ4n) is 1.41. The van der Waals surface area contributed by atoms with Crippen LogP contribution in [-0.2, 0) is 4.79 Å². The maximum atomic E-state index is 11.6. The summed E-state index contributed by atoms with van der Waals surface area (Å²) in [6.45, 7) is 5.40. The molecule has 4 heteroatoms. The SMILES string of the molecule is CC(C)(CO)CNC(=O)[C@@H]1CCCN1. The van der Waals surface area contributed by atoms with Crippen LogP contribution in [0.15, 0.2) is 0 Å². The summed E-state index contributed by atoms with van der Waals surface area (Å²) in [6.07, 6.45) is 1.99. The standard InChI is InChI=1S/C10H20N2O2/c1-10(2,7-13)6-12-9(14)8-4-3-5-11-8/h8,11,13H,3-7H2,1-2H3,(H,12,14)/t8-/m0/s1. The summed E-state index contributed by atoms with van der Waals surface area (Å²) < 4.78 is 0. The molecule has 3 N–H and O–H groups in total. The van der Waals surface area contributed by atoms with Crippen molar-refractivity contribution >= 4 is 5.91 Å². The number of nitrogens with one attached hydrogen (secondary N) is 2. The van der Waals surface area contributed by atoms with Gasteiger partial charge in [0.2, 0.25) is 5.91 Å². The van der Waals surface area contributed by atoms with E-state index in [1.807, 2.05) is 13.8 Å². The molecule has 0 saturated carbocycles. The predicted octanol–water partition coefficient (Wildman–Crippen LogP) is -0.127. The Morgan fingerprint density at radius 2 is 2.36 bits per heavy atom. The van der Waals surface area contributed by atoms with Gasteiger partial charge in [0.1, 0.15) is 0 Å². The van der Waals surface area contributed by atoms with Crippen LogP contribution in [0.4, 0.5) is 0 Å². The highest BCUT2D eigenvalue weighted by molar-refractivity contribution is 5.82. The molecule has 1 aliphatic rings. The molecule has 82 valence electrons. The zero-order valence-electron chi connectivity index (χ0n) is 8.97. The van der Waals surface area contributed by atoms with E-state index >= 15 is 0 Å². The molecular formula is C10H20N2O2. The molecule has 14 heavy (non-hydrogen) atoms. The second kappa shape index (κ2) is 4.75. The maximum absolute atomic E-state index is 11.6. The molecule has 0 aromatic heterocycles. The highest BCUT2D eigenvalue weighted by Crippen LogP contribution is 2.12. The van der Waals surface area contributed by atoms with Crippen LogP contribution < -0.4 is 10.6 Å². The fraction of sp³-hybridized carbons (Fsp3) is 0.900. The average Bonchev–Trinajstić information content (AvgIpc) is 2.67. The summed E-state index contributed by atoms with van der Waals surface area (Å²) in [5.74, 6) is 0.0593. The molecule has 0 radical (unpaired) electrons. The maximum Gasteiger partial charge on any atom is 0.237 e. The number of hydrogen-bond donors (Lipinski definition) is 3. The number of hydrogen-bond acceptors (Lipinski definition) is 3. The van der Waals surface area contributed by atoms with Crippen LogP contribution in [0.5, 0.6) is 0 Å². The summed E-state index contributed by atoms with van der Waals surface area (Å²) in [6, 6.07) is -0.0236. The zero-order chi connectivity index (χ0) is 10.6. The lowest BCUT2D eigenvalue weighted by molar-refractivity contribution is -0.123. The van der Waals surface area contributed by atoms with Gasteiger partial charge in [-0.15, -0.1) is 0 Å². The van der Waals surface area contributed by atoms with Gasteiger partial charge in [-0.2, -0.15) is 0 Å². The van der Waals surface area contributed by atoms with E-state index in [9.17, 15) is 4.79 Å². The molecule has 1 amide bonds. The first-order valence-corrected chi connectivity index (χ1v) is 5.17. The van der Waals surface area contributed by atoms with Crippen molar-refractivity contribution in [1.82, 2.24) is 10.6 Å². The lowest BCUT2D eigenvalue weighted by atomic mass is 9.95. The van der Waals surface area contributed by atoms with Crippen LogP contribution in [0.3, 0.4) is 0 Å². The van der Waals surface area contributed by atoms with Gasteiger partial charge < -0.3 is 15.7 Å². The molecule has 1 atom stereocenters. The molecule has 0 bridgehead atoms. The van der Waals surface area contributed by atoms with Gasteiger partial charge in [-0.3, -0.25) is 4.79 Å². The molecule has 1 heterocycles. The van der Waals surface area contributed by atoms with Crippen LogP contribution in [0.25, 0.3) is 0 Å². The van der Waals surface area contributed by atoms with E-state index in [-0.39, 0.29) is 24.0 Å². The van der Waals surface area contributed by atoms with E-state index in [2.05, 4.69) is 10.6 Å². The molecule has 0 unspecified atom stereocenters. The molecule has 0 aromatic carbocycles. The third-order valence-corrected chi connectivity index (χ3v) is 2.55. The molecule has 1 aliphatic heterocycles. The molecule has 0 aromatic rings. The van der Waals surface area contributed by atoms with Crippen molar-refractivity contribution < 1.29 is 9.90 Å². The molecule has 1 fully saturated rings. The Hall–Kier alpha value is -0.610. The highest BCUT2D eigenvalue weighted by atomic mass is 16.3. The van der Waals surface area contributed by atoms with E-state index in [1.165, 1.54) is 0 Å². The molecule has 0 spiro atoms. The minimum absolute atomic E-state index is 0.0236. The van der Waals surface area contributed by atoms with Gasteiger partial charge in [0.05, 0.1) is 6.04 Å². The van der Waals surface area contributed by atoms with Gasteiger partial charge >= 0.3 is 0 Å². The van der Waals surface area contributed by atoms with E-state index < -0.39 is 0 Å². The first-order chi connectivity index (χ1) is 6.55. The number of carbonyl (C=O) groups is 1. The molecule has 1 rings (SSSR count). The highest BCUT2D eigenvalue weighted by Gasteiger charge is 2.24. The third kappa shape index (κ3) is 3.27. The first kappa shape index (κ1) is 11.5. The summed E-state index contributed by atoms with van der Waals surface area (Å²) in [5, 5.41) is 15.0. The second-order valence-electron chi connectivity index (χ2n) is 4.69. The predicted molar refractivity (Wildman–Crippen MR) is 54.9 cm³/mol. The minimum atomic E-state index is -0.228. The molecule has 1 saturated heterocycles. The minimum Gasteiger partial charge on any atom is -0.396 e. The van der Waals surface area contributed by atoms with Crippen molar-refractivity contribution in [3.05, 3.63) is 0 Å². The first-order valence-electron chi connectivity index (χ1n) is 5.17. The number of amides is 1. The topological polar surface area (TPSA) is 61.4 Å². The van der Waals surface area contributed by atoms with Gasteiger partial charge in [-0.25, -0.2) is 0 Å². The summed E-state index contributed by atoms with van der Waals surface area (Å²) in [5.41, 5.74) is -0.228. The number of aliphatic hydroxyl groups excluding tert-OH is 1. The van der Waals surface area contributed by atoms with Crippen molar-refractivity contribution in [3.8, 4) is 0 Å². The smallest absolute Gasteiger partial charge is 0.237 e. The summed E-state index contributed by atoms with van der Waals surface area (Å²) >= 11 is 0. The normalized spacial score (nSPS) is 22.4. The quantitative estimate of drug-likeness (QED) is 0.592. The van der Waals surface area contributed by atoms with E-state index in [4.69, 9.17) is 5.11 Å². The van der Waals surface area contributed by atoms with Gasteiger partial charge in [0, 0.05) is 18.6 Å². The van der Waals surface area contributed by atoms with E-state index in [1.54, 1.807) is 0 Å². The van der Waals surface area contributed by atoms with Crippen LogP contribution in [0.1, 0.15) is 26.7 Å². The van der Waals surface area contributed by atoms with Gasteiger partial charge in [-0.05, 0) is 19.4 Å². The van der Waals surface area contributed by atoms with Crippen molar-refractivity contribution in [1.29, 1.82) is 0 Å². The summed E-state index contributed by atoms with van der Waals surface area (Å²) in [7, 11) is 0. The van der Waals surface area contributed by atoms with E-state index in [0.717, 1.165) is 19.4 Å². The van der Waals surface area contributed by atoms with Gasteiger partial charge in [-0.1, -0.05) is 13.8 Å². The Bertz CT molecular complexity index is 198. The Labute approximate surface area is 85.1 Å². The second-order valence-corrected chi connectivity index (χ2v) is 4.69. The Morgan fingerprint density at radius 3 is 2.86 bits per heavy atom. The molecule has 0 aliphatic carbocycles. The van der Waals surface area contributed by atoms with Gasteiger partial charge in [0.15, 0.2) is 0 Å². The number of aliphatic hydroxyl groups is 1. The lowest BCUT2D eigenvalue weighted by Gasteiger charge is -2.23. The average molecular weight is 200 g/mol. The van der Waals surface area contributed by atoms with Crippen LogP contribution >= 0.6 is 0 Å². The van der Waals surface area contributed by atoms with Gasteiger partial charge in [0.25, 0.3) is 0 Å². The van der Waals surface area contributed by atoms with Crippen molar-refractivity contribution in [2.45, 2.75) is 32.7 Å². The van der Waals surface area contributed by atoms with Crippen LogP contribution in [-0.4, -0.2) is 36.8 Å². The Balaban J connectivity index is 2.27.